The summed E-state index contributed by atoms with van der Waals surface area (Å²) in [6.07, 6.45) is 0. The van der Waals surface area contributed by atoms with Gasteiger partial charge in [0.25, 0.3) is 17.5 Å². The van der Waals surface area contributed by atoms with Crippen LogP contribution in [0.2, 0.25) is 0 Å². The molecule has 1 heterocycles. The van der Waals surface area contributed by atoms with Crippen molar-refractivity contribution in [3.63, 3.8) is 0 Å². The zero-order valence-corrected chi connectivity index (χ0v) is 16.4. The minimum absolute atomic E-state index is 0.0162. The number of nitrogens with one attached hydrogen (secondary N) is 2. The summed E-state index contributed by atoms with van der Waals surface area (Å²) in [7, 11) is 0. The van der Waals surface area contributed by atoms with E-state index in [9.17, 15) is 19.7 Å². The highest BCUT2D eigenvalue weighted by molar-refractivity contribution is 7.12. The van der Waals surface area contributed by atoms with E-state index >= 15 is 0 Å². The van der Waals surface area contributed by atoms with Crippen LogP contribution in [0.3, 0.4) is 0 Å². The van der Waals surface area contributed by atoms with Crippen molar-refractivity contribution in [1.29, 1.82) is 0 Å². The molecule has 0 saturated heterocycles. The van der Waals surface area contributed by atoms with Crippen LogP contribution in [-0.2, 0) is 6.54 Å². The van der Waals surface area contributed by atoms with E-state index < -0.39 is 4.92 Å². The van der Waals surface area contributed by atoms with Crippen molar-refractivity contribution in [3.8, 4) is 0 Å². The van der Waals surface area contributed by atoms with Gasteiger partial charge in [-0.1, -0.05) is 30.3 Å². The Hall–Kier alpha value is -3.52. The molecule has 0 aliphatic heterocycles. The quantitative estimate of drug-likeness (QED) is 0.453. The van der Waals surface area contributed by atoms with Gasteiger partial charge in [0.1, 0.15) is 0 Å². The number of benzene rings is 2. The molecular formula is C21H19N3O4S. The van der Waals surface area contributed by atoms with Gasteiger partial charge in [-0.15, -0.1) is 11.3 Å². The van der Waals surface area contributed by atoms with Gasteiger partial charge in [-0.2, -0.15) is 0 Å². The third kappa shape index (κ3) is 5.26. The molecular weight excluding hydrogens is 390 g/mol. The number of nitro groups is 1. The van der Waals surface area contributed by atoms with Crippen LogP contribution in [0.1, 0.15) is 44.1 Å². The van der Waals surface area contributed by atoms with Crippen LogP contribution in [0, 0.1) is 10.1 Å². The van der Waals surface area contributed by atoms with E-state index in [4.69, 9.17) is 0 Å². The highest BCUT2D eigenvalue weighted by Gasteiger charge is 2.14. The van der Waals surface area contributed by atoms with Crippen LogP contribution in [0.5, 0.6) is 0 Å². The lowest BCUT2D eigenvalue weighted by Gasteiger charge is -2.14. The van der Waals surface area contributed by atoms with Gasteiger partial charge in [-0.3, -0.25) is 19.7 Å². The Morgan fingerprint density at radius 2 is 1.83 bits per heavy atom. The van der Waals surface area contributed by atoms with Gasteiger partial charge in [0.05, 0.1) is 15.8 Å². The number of thiophene rings is 1. The van der Waals surface area contributed by atoms with Gasteiger partial charge in [0, 0.05) is 24.2 Å². The van der Waals surface area contributed by atoms with Crippen molar-refractivity contribution in [3.05, 3.63) is 97.7 Å². The van der Waals surface area contributed by atoms with Gasteiger partial charge in [0.2, 0.25) is 0 Å². The Morgan fingerprint density at radius 1 is 1.07 bits per heavy atom. The summed E-state index contributed by atoms with van der Waals surface area (Å²) in [4.78, 5) is 35.5. The summed E-state index contributed by atoms with van der Waals surface area (Å²) in [6.45, 7) is 2.13. The summed E-state index contributed by atoms with van der Waals surface area (Å²) in [5, 5.41) is 18.4. The van der Waals surface area contributed by atoms with Gasteiger partial charge in [-0.05, 0) is 41.6 Å². The van der Waals surface area contributed by atoms with Crippen molar-refractivity contribution in [1.82, 2.24) is 10.6 Å². The Labute approximate surface area is 171 Å². The van der Waals surface area contributed by atoms with Crippen LogP contribution in [0.4, 0.5) is 5.69 Å². The predicted molar refractivity (Wildman–Crippen MR) is 111 cm³/mol. The Bertz CT molecular complexity index is 1020. The molecule has 3 aromatic rings. The maximum atomic E-state index is 12.5. The summed E-state index contributed by atoms with van der Waals surface area (Å²) in [5.74, 6) is -0.411. The molecule has 2 amide bonds. The molecule has 29 heavy (non-hydrogen) atoms. The molecule has 8 heteroatoms. The van der Waals surface area contributed by atoms with Crippen molar-refractivity contribution < 1.29 is 14.5 Å². The zero-order valence-electron chi connectivity index (χ0n) is 15.6. The molecule has 148 valence electrons. The molecule has 2 aromatic carbocycles. The van der Waals surface area contributed by atoms with E-state index in [0.29, 0.717) is 22.5 Å². The largest absolute Gasteiger partial charge is 0.347 e. The van der Waals surface area contributed by atoms with Gasteiger partial charge in [-0.25, -0.2) is 0 Å². The smallest absolute Gasteiger partial charge is 0.269 e. The summed E-state index contributed by atoms with van der Waals surface area (Å²) >= 11 is 1.38. The molecule has 3 rings (SSSR count). The van der Waals surface area contributed by atoms with E-state index in [0.717, 1.165) is 5.56 Å². The van der Waals surface area contributed by atoms with Crippen molar-refractivity contribution in [2.75, 3.05) is 0 Å². The topological polar surface area (TPSA) is 101 Å². The maximum Gasteiger partial charge on any atom is 0.269 e. The number of carbonyl (C=O) groups excluding carboxylic acids is 2. The first kappa shape index (κ1) is 20.2. The first-order valence-corrected chi connectivity index (χ1v) is 9.78. The minimum Gasteiger partial charge on any atom is -0.347 e. The first-order valence-electron chi connectivity index (χ1n) is 8.90. The minimum atomic E-state index is -0.464. The number of rotatable bonds is 7. The van der Waals surface area contributed by atoms with Crippen LogP contribution < -0.4 is 10.6 Å². The summed E-state index contributed by atoms with van der Waals surface area (Å²) in [5.41, 5.74) is 1.98. The van der Waals surface area contributed by atoms with E-state index in [-0.39, 0.29) is 23.5 Å². The molecule has 1 atom stereocenters. The third-order valence-electron chi connectivity index (χ3n) is 4.34. The summed E-state index contributed by atoms with van der Waals surface area (Å²) in [6, 6.07) is 16.3. The Balaban J connectivity index is 1.58. The molecule has 0 aliphatic carbocycles. The van der Waals surface area contributed by atoms with Crippen LogP contribution in [-0.4, -0.2) is 16.7 Å². The third-order valence-corrected chi connectivity index (χ3v) is 5.21. The highest BCUT2D eigenvalue weighted by Crippen LogP contribution is 2.19. The van der Waals surface area contributed by atoms with Crippen LogP contribution in [0.25, 0.3) is 0 Å². The van der Waals surface area contributed by atoms with E-state index in [1.54, 1.807) is 49.4 Å². The number of hydrogen-bond acceptors (Lipinski definition) is 5. The number of hydrogen-bond donors (Lipinski definition) is 2. The van der Waals surface area contributed by atoms with Gasteiger partial charge in [0.15, 0.2) is 0 Å². The second kappa shape index (κ2) is 9.11. The average molecular weight is 409 g/mol. The molecule has 1 unspecified atom stereocenters. The molecule has 1 aromatic heterocycles. The lowest BCUT2D eigenvalue weighted by atomic mass is 10.1. The molecule has 0 saturated carbocycles. The SMILES string of the molecule is CC(NC(=O)c1ccc(CNC(=O)c2cccs2)cc1)c1cccc([N+](=O)[O-])c1. The van der Waals surface area contributed by atoms with Crippen LogP contribution in [0.15, 0.2) is 66.0 Å². The monoisotopic (exact) mass is 409 g/mol. The van der Waals surface area contributed by atoms with Crippen molar-refractivity contribution in [2.24, 2.45) is 0 Å². The molecule has 0 radical (unpaired) electrons. The number of nitro benzene ring substituents is 1. The van der Waals surface area contributed by atoms with Gasteiger partial charge < -0.3 is 10.6 Å². The molecule has 0 fully saturated rings. The van der Waals surface area contributed by atoms with Crippen LogP contribution >= 0.6 is 11.3 Å². The Morgan fingerprint density at radius 3 is 2.48 bits per heavy atom. The first-order chi connectivity index (χ1) is 13.9. The second-order valence-corrected chi connectivity index (χ2v) is 7.35. The van der Waals surface area contributed by atoms with Crippen molar-refractivity contribution in [2.45, 2.75) is 19.5 Å². The molecule has 0 spiro atoms. The number of carbonyl (C=O) groups is 2. The number of amides is 2. The normalized spacial score (nSPS) is 11.5. The highest BCUT2D eigenvalue weighted by atomic mass is 32.1. The zero-order chi connectivity index (χ0) is 20.8. The molecule has 2 N–H and O–H groups in total. The fourth-order valence-electron chi connectivity index (χ4n) is 2.72. The van der Waals surface area contributed by atoms with E-state index in [1.807, 2.05) is 11.4 Å². The van der Waals surface area contributed by atoms with Gasteiger partial charge >= 0.3 is 0 Å². The van der Waals surface area contributed by atoms with E-state index in [2.05, 4.69) is 10.6 Å². The predicted octanol–water partition coefficient (Wildman–Crippen LogP) is 4.08. The van der Waals surface area contributed by atoms with Crippen molar-refractivity contribution >= 4 is 28.8 Å². The number of nitrogens with zero attached hydrogens (tertiary/aromatic N) is 1. The standard InChI is InChI=1S/C21H19N3O4S/c1-14(17-4-2-5-18(12-17)24(27)28)23-20(25)16-9-7-15(8-10-16)13-22-21(26)19-6-3-11-29-19/h2-12,14H,13H2,1H3,(H,22,26)(H,23,25). The molecule has 7 nitrogen and oxygen atoms in total. The number of non-ortho nitro benzene ring substituents is 1. The average Bonchev–Trinajstić information content (AvgIpc) is 3.27. The lowest BCUT2D eigenvalue weighted by Crippen LogP contribution is -2.26. The molecule has 0 bridgehead atoms. The van der Waals surface area contributed by atoms with E-state index in [1.165, 1.54) is 23.5 Å². The molecule has 0 aliphatic rings. The summed E-state index contributed by atoms with van der Waals surface area (Å²) < 4.78 is 0. The fraction of sp³-hybridized carbons (Fsp3) is 0.143. The second-order valence-electron chi connectivity index (χ2n) is 6.40. The maximum absolute atomic E-state index is 12.5. The Kier molecular flexibility index (Phi) is 6.36. The lowest BCUT2D eigenvalue weighted by molar-refractivity contribution is -0.384. The fourth-order valence-corrected chi connectivity index (χ4v) is 3.36.